The van der Waals surface area contributed by atoms with Crippen molar-refractivity contribution in [2.45, 2.75) is 6.61 Å². The summed E-state index contributed by atoms with van der Waals surface area (Å²) >= 11 is 0. The Morgan fingerprint density at radius 3 is 2.76 bits per heavy atom. The van der Waals surface area contributed by atoms with Gasteiger partial charge in [0, 0.05) is 0 Å². The lowest BCUT2D eigenvalue weighted by atomic mass is 10.1. The number of oxazole rings is 1. The van der Waals surface area contributed by atoms with Crippen molar-refractivity contribution in [3.63, 3.8) is 0 Å². The van der Waals surface area contributed by atoms with Gasteiger partial charge in [-0.15, -0.1) is 0 Å². The standard InChI is InChI=1S/C12H13NO4/c1-15-10-5-3-4-8(12(10)16-2)11-9(6-14)13-7-17-11/h3-5,7,14H,6H2,1-2H3. The first-order valence-electron chi connectivity index (χ1n) is 5.06. The third-order valence-electron chi connectivity index (χ3n) is 2.44. The zero-order chi connectivity index (χ0) is 12.3. The summed E-state index contributed by atoms with van der Waals surface area (Å²) in [4.78, 5) is 3.93. The van der Waals surface area contributed by atoms with Crippen LogP contribution in [0, 0.1) is 0 Å². The summed E-state index contributed by atoms with van der Waals surface area (Å²) in [6, 6.07) is 5.43. The number of aliphatic hydroxyl groups is 1. The van der Waals surface area contributed by atoms with Gasteiger partial charge in [-0.25, -0.2) is 4.98 Å². The Balaban J connectivity index is 2.59. The highest BCUT2D eigenvalue weighted by atomic mass is 16.5. The molecule has 0 unspecified atom stereocenters. The van der Waals surface area contributed by atoms with Crippen LogP contribution in [0.25, 0.3) is 11.3 Å². The maximum Gasteiger partial charge on any atom is 0.181 e. The van der Waals surface area contributed by atoms with E-state index in [2.05, 4.69) is 4.98 Å². The Morgan fingerprint density at radius 1 is 1.29 bits per heavy atom. The van der Waals surface area contributed by atoms with Crippen LogP contribution >= 0.6 is 0 Å². The molecule has 5 nitrogen and oxygen atoms in total. The van der Waals surface area contributed by atoms with Gasteiger partial charge in [0.25, 0.3) is 0 Å². The molecule has 0 saturated heterocycles. The van der Waals surface area contributed by atoms with Crippen LogP contribution in [0.3, 0.4) is 0 Å². The van der Waals surface area contributed by atoms with Crippen molar-refractivity contribution in [3.8, 4) is 22.8 Å². The maximum absolute atomic E-state index is 9.16. The van der Waals surface area contributed by atoms with Crippen molar-refractivity contribution in [2.24, 2.45) is 0 Å². The number of benzene rings is 1. The van der Waals surface area contributed by atoms with E-state index >= 15 is 0 Å². The van der Waals surface area contributed by atoms with Crippen LogP contribution in [0.1, 0.15) is 5.69 Å². The van der Waals surface area contributed by atoms with Crippen molar-refractivity contribution in [3.05, 3.63) is 30.3 Å². The van der Waals surface area contributed by atoms with E-state index in [4.69, 9.17) is 19.0 Å². The lowest BCUT2D eigenvalue weighted by molar-refractivity contribution is 0.277. The molecule has 0 aliphatic carbocycles. The second-order valence-electron chi connectivity index (χ2n) is 3.33. The summed E-state index contributed by atoms with van der Waals surface area (Å²) in [5.41, 5.74) is 1.17. The van der Waals surface area contributed by atoms with Gasteiger partial charge in [-0.3, -0.25) is 0 Å². The fourth-order valence-electron chi connectivity index (χ4n) is 1.67. The van der Waals surface area contributed by atoms with Gasteiger partial charge in [0.2, 0.25) is 0 Å². The average molecular weight is 235 g/mol. The Bertz CT molecular complexity index is 507. The molecule has 17 heavy (non-hydrogen) atoms. The molecule has 1 aromatic carbocycles. The van der Waals surface area contributed by atoms with Crippen LogP contribution in [-0.4, -0.2) is 24.3 Å². The van der Waals surface area contributed by atoms with Crippen LogP contribution in [0.2, 0.25) is 0 Å². The molecule has 1 heterocycles. The highest BCUT2D eigenvalue weighted by Crippen LogP contribution is 2.38. The summed E-state index contributed by atoms with van der Waals surface area (Å²) in [5.74, 6) is 1.65. The van der Waals surface area contributed by atoms with Crippen molar-refractivity contribution >= 4 is 0 Å². The van der Waals surface area contributed by atoms with Crippen LogP contribution in [0.4, 0.5) is 0 Å². The minimum atomic E-state index is -0.188. The minimum absolute atomic E-state index is 0.188. The topological polar surface area (TPSA) is 64.7 Å². The van der Waals surface area contributed by atoms with Crippen LogP contribution < -0.4 is 9.47 Å². The van der Waals surface area contributed by atoms with Crippen LogP contribution in [0.15, 0.2) is 29.0 Å². The third kappa shape index (κ3) is 1.97. The van der Waals surface area contributed by atoms with E-state index in [9.17, 15) is 0 Å². The zero-order valence-electron chi connectivity index (χ0n) is 9.64. The van der Waals surface area contributed by atoms with E-state index in [1.54, 1.807) is 20.3 Å². The van der Waals surface area contributed by atoms with Crippen molar-refractivity contribution < 1.29 is 19.0 Å². The molecule has 1 N–H and O–H groups in total. The van der Waals surface area contributed by atoms with Gasteiger partial charge in [-0.2, -0.15) is 0 Å². The molecule has 2 aromatic rings. The van der Waals surface area contributed by atoms with E-state index in [0.29, 0.717) is 28.5 Å². The number of para-hydroxylation sites is 1. The third-order valence-corrected chi connectivity index (χ3v) is 2.44. The number of aliphatic hydroxyl groups excluding tert-OH is 1. The van der Waals surface area contributed by atoms with E-state index in [1.165, 1.54) is 6.39 Å². The molecule has 0 atom stereocenters. The number of ether oxygens (including phenoxy) is 2. The fraction of sp³-hybridized carbons (Fsp3) is 0.250. The summed E-state index contributed by atoms with van der Waals surface area (Å²) in [6.07, 6.45) is 1.29. The normalized spacial score (nSPS) is 10.3. The molecule has 0 amide bonds. The van der Waals surface area contributed by atoms with E-state index < -0.39 is 0 Å². The van der Waals surface area contributed by atoms with E-state index in [1.807, 2.05) is 12.1 Å². The Morgan fingerprint density at radius 2 is 2.12 bits per heavy atom. The molecule has 0 aliphatic heterocycles. The average Bonchev–Trinajstić information content (AvgIpc) is 2.85. The van der Waals surface area contributed by atoms with Gasteiger partial charge in [0.05, 0.1) is 26.4 Å². The number of methoxy groups -OCH3 is 2. The molecule has 90 valence electrons. The van der Waals surface area contributed by atoms with Gasteiger partial charge in [-0.05, 0) is 12.1 Å². The molecule has 0 fully saturated rings. The smallest absolute Gasteiger partial charge is 0.181 e. The van der Waals surface area contributed by atoms with Crippen molar-refractivity contribution in [2.75, 3.05) is 14.2 Å². The molecule has 0 aliphatic rings. The van der Waals surface area contributed by atoms with Crippen molar-refractivity contribution in [1.29, 1.82) is 0 Å². The number of nitrogens with zero attached hydrogens (tertiary/aromatic N) is 1. The summed E-state index contributed by atoms with van der Waals surface area (Å²) in [5, 5.41) is 9.16. The molecule has 5 heteroatoms. The van der Waals surface area contributed by atoms with Crippen LogP contribution in [-0.2, 0) is 6.61 Å². The summed E-state index contributed by atoms with van der Waals surface area (Å²) in [6.45, 7) is -0.188. The first-order chi connectivity index (χ1) is 8.31. The molecule has 2 rings (SSSR count). The second kappa shape index (κ2) is 4.88. The second-order valence-corrected chi connectivity index (χ2v) is 3.33. The zero-order valence-corrected chi connectivity index (χ0v) is 9.64. The highest BCUT2D eigenvalue weighted by molar-refractivity contribution is 5.71. The first-order valence-corrected chi connectivity index (χ1v) is 5.06. The Hall–Kier alpha value is -2.01. The molecule has 0 bridgehead atoms. The SMILES string of the molecule is COc1cccc(-c2ocnc2CO)c1OC. The van der Waals surface area contributed by atoms with E-state index in [-0.39, 0.29) is 6.61 Å². The molecule has 1 aromatic heterocycles. The maximum atomic E-state index is 9.16. The van der Waals surface area contributed by atoms with Gasteiger partial charge in [0.15, 0.2) is 23.7 Å². The largest absolute Gasteiger partial charge is 0.493 e. The van der Waals surface area contributed by atoms with E-state index in [0.717, 1.165) is 0 Å². The Labute approximate surface area is 98.6 Å². The van der Waals surface area contributed by atoms with Gasteiger partial charge in [0.1, 0.15) is 5.69 Å². The molecular weight excluding hydrogens is 222 g/mol. The van der Waals surface area contributed by atoms with Crippen LogP contribution in [0.5, 0.6) is 11.5 Å². The predicted molar refractivity (Wildman–Crippen MR) is 61.0 cm³/mol. The number of aromatic nitrogens is 1. The lowest BCUT2D eigenvalue weighted by Crippen LogP contribution is -1.94. The van der Waals surface area contributed by atoms with Gasteiger partial charge >= 0.3 is 0 Å². The Kier molecular flexibility index (Phi) is 3.30. The summed E-state index contributed by atoms with van der Waals surface area (Å²) in [7, 11) is 3.12. The summed E-state index contributed by atoms with van der Waals surface area (Å²) < 4.78 is 15.8. The number of rotatable bonds is 4. The molecule has 0 spiro atoms. The molecule has 0 saturated carbocycles. The quantitative estimate of drug-likeness (QED) is 0.876. The highest BCUT2D eigenvalue weighted by Gasteiger charge is 2.17. The van der Waals surface area contributed by atoms with Gasteiger partial charge in [-0.1, -0.05) is 6.07 Å². The number of hydrogen-bond donors (Lipinski definition) is 1. The minimum Gasteiger partial charge on any atom is -0.493 e. The predicted octanol–water partition coefficient (Wildman–Crippen LogP) is 1.85. The monoisotopic (exact) mass is 235 g/mol. The van der Waals surface area contributed by atoms with Gasteiger partial charge < -0.3 is 19.0 Å². The fourth-order valence-corrected chi connectivity index (χ4v) is 1.67. The number of hydrogen-bond acceptors (Lipinski definition) is 5. The molecular formula is C12H13NO4. The van der Waals surface area contributed by atoms with Crippen molar-refractivity contribution in [1.82, 2.24) is 4.98 Å². The lowest BCUT2D eigenvalue weighted by Gasteiger charge is -2.11. The first kappa shape index (κ1) is 11.5. The molecule has 0 radical (unpaired) electrons.